The highest BCUT2D eigenvalue weighted by atomic mass is 14.8. The van der Waals surface area contributed by atoms with E-state index in [0.29, 0.717) is 0 Å². The molecule has 1 aliphatic carbocycles. The monoisotopic (exact) mass is 126 g/mol. The van der Waals surface area contributed by atoms with Crippen molar-refractivity contribution in [2.75, 3.05) is 13.6 Å². The van der Waals surface area contributed by atoms with Crippen LogP contribution in [0.2, 0.25) is 0 Å². The first-order valence-corrected chi connectivity index (χ1v) is 3.99. The van der Waals surface area contributed by atoms with Crippen molar-refractivity contribution in [3.05, 3.63) is 0 Å². The third kappa shape index (κ3) is 2.35. The highest BCUT2D eigenvalue weighted by molar-refractivity contribution is 4.67. The van der Waals surface area contributed by atoms with E-state index in [-0.39, 0.29) is 0 Å². The van der Waals surface area contributed by atoms with Gasteiger partial charge >= 0.3 is 0 Å². The van der Waals surface area contributed by atoms with Crippen molar-refractivity contribution in [1.29, 1.82) is 0 Å². The third-order valence-electron chi connectivity index (χ3n) is 2.24. The molecular formula is C8H16N. The molecule has 1 aliphatic rings. The quantitative estimate of drug-likeness (QED) is 0.547. The Labute approximate surface area is 57.8 Å². The van der Waals surface area contributed by atoms with Gasteiger partial charge in [-0.1, -0.05) is 25.7 Å². The minimum Gasteiger partial charge on any atom is -0.245 e. The van der Waals surface area contributed by atoms with E-state index in [9.17, 15) is 0 Å². The molecule has 0 spiro atoms. The number of hydrogen-bond donors (Lipinski definition) is 0. The molecule has 0 atom stereocenters. The van der Waals surface area contributed by atoms with E-state index < -0.39 is 0 Å². The lowest BCUT2D eigenvalue weighted by Gasteiger charge is -2.05. The van der Waals surface area contributed by atoms with Gasteiger partial charge in [0.05, 0.1) is 0 Å². The molecule has 0 aromatic rings. The Kier molecular flexibility index (Phi) is 3.05. The molecule has 0 amide bonds. The summed E-state index contributed by atoms with van der Waals surface area (Å²) in [5, 5.41) is 4.10. The van der Waals surface area contributed by atoms with Gasteiger partial charge < -0.3 is 0 Å². The highest BCUT2D eigenvalue weighted by Crippen LogP contribution is 2.26. The molecule has 0 aromatic heterocycles. The van der Waals surface area contributed by atoms with Gasteiger partial charge in [-0.15, -0.1) is 0 Å². The standard InChI is InChI=1S/C8H16N/c1-9-7-6-8-4-2-3-5-8/h8H,2-7H2,1H3. The minimum absolute atomic E-state index is 1.02. The molecule has 53 valence electrons. The van der Waals surface area contributed by atoms with E-state index >= 15 is 0 Å². The zero-order chi connectivity index (χ0) is 6.53. The normalized spacial score (nSPS) is 21.0. The summed E-state index contributed by atoms with van der Waals surface area (Å²) < 4.78 is 0. The van der Waals surface area contributed by atoms with Crippen LogP contribution in [-0.4, -0.2) is 13.6 Å². The molecule has 0 saturated heterocycles. The van der Waals surface area contributed by atoms with Crippen LogP contribution in [0.15, 0.2) is 0 Å². The summed E-state index contributed by atoms with van der Waals surface area (Å²) in [5.74, 6) is 1.02. The zero-order valence-electron chi connectivity index (χ0n) is 6.27. The summed E-state index contributed by atoms with van der Waals surface area (Å²) in [5.41, 5.74) is 0. The van der Waals surface area contributed by atoms with Gasteiger partial charge in [-0.3, -0.25) is 0 Å². The topological polar surface area (TPSA) is 14.1 Å². The Hall–Kier alpha value is -0.0400. The molecule has 0 heterocycles. The molecule has 0 unspecified atom stereocenters. The first-order chi connectivity index (χ1) is 4.43. The van der Waals surface area contributed by atoms with E-state index in [1.165, 1.54) is 32.1 Å². The third-order valence-corrected chi connectivity index (χ3v) is 2.24. The van der Waals surface area contributed by atoms with Crippen LogP contribution in [0.1, 0.15) is 32.1 Å². The fourth-order valence-electron chi connectivity index (χ4n) is 1.61. The summed E-state index contributed by atoms with van der Waals surface area (Å²) in [6, 6.07) is 0. The lowest BCUT2D eigenvalue weighted by Crippen LogP contribution is -2.04. The minimum atomic E-state index is 1.02. The van der Waals surface area contributed by atoms with Gasteiger partial charge in [0.15, 0.2) is 0 Å². The Morgan fingerprint density at radius 1 is 1.33 bits per heavy atom. The van der Waals surface area contributed by atoms with E-state index in [1.807, 2.05) is 7.05 Å². The molecule has 0 bridgehead atoms. The second kappa shape index (κ2) is 3.89. The van der Waals surface area contributed by atoms with Gasteiger partial charge in [0.2, 0.25) is 0 Å². The first kappa shape index (κ1) is 7.07. The van der Waals surface area contributed by atoms with Crippen molar-refractivity contribution in [2.45, 2.75) is 32.1 Å². The molecule has 1 nitrogen and oxygen atoms in total. The fourth-order valence-corrected chi connectivity index (χ4v) is 1.61. The molecule has 1 radical (unpaired) electrons. The number of hydrogen-bond acceptors (Lipinski definition) is 0. The van der Waals surface area contributed by atoms with Crippen LogP contribution in [-0.2, 0) is 0 Å². The summed E-state index contributed by atoms with van der Waals surface area (Å²) >= 11 is 0. The molecule has 1 rings (SSSR count). The average molecular weight is 126 g/mol. The Bertz CT molecular complexity index is 65.0. The highest BCUT2D eigenvalue weighted by Gasteiger charge is 2.13. The lowest BCUT2D eigenvalue weighted by atomic mass is 10.0. The van der Waals surface area contributed by atoms with Crippen LogP contribution in [0.25, 0.3) is 0 Å². The van der Waals surface area contributed by atoms with Gasteiger partial charge in [0.25, 0.3) is 0 Å². The summed E-state index contributed by atoms with van der Waals surface area (Å²) in [4.78, 5) is 0. The lowest BCUT2D eigenvalue weighted by molar-refractivity contribution is 0.488. The average Bonchev–Trinajstić information content (AvgIpc) is 2.34. The number of rotatable bonds is 3. The summed E-state index contributed by atoms with van der Waals surface area (Å²) in [6.07, 6.45) is 7.21. The molecule has 1 saturated carbocycles. The van der Waals surface area contributed by atoms with Crippen LogP contribution in [0.5, 0.6) is 0 Å². The molecular weight excluding hydrogens is 110 g/mol. The van der Waals surface area contributed by atoms with Crippen molar-refractivity contribution in [1.82, 2.24) is 5.32 Å². The maximum Gasteiger partial charge on any atom is 0.0132 e. The predicted octanol–water partition coefficient (Wildman–Crippen LogP) is 1.80. The number of nitrogens with zero attached hydrogens (tertiary/aromatic N) is 1. The SMILES string of the molecule is C[N]CCC1CCCC1. The van der Waals surface area contributed by atoms with Crippen LogP contribution in [0.3, 0.4) is 0 Å². The summed E-state index contributed by atoms with van der Waals surface area (Å²) in [6.45, 7) is 1.09. The van der Waals surface area contributed by atoms with Gasteiger partial charge in [0.1, 0.15) is 0 Å². The van der Waals surface area contributed by atoms with Gasteiger partial charge in [0, 0.05) is 13.6 Å². The molecule has 0 N–H and O–H groups in total. The van der Waals surface area contributed by atoms with Crippen LogP contribution >= 0.6 is 0 Å². The maximum atomic E-state index is 4.10. The Morgan fingerprint density at radius 3 is 2.56 bits per heavy atom. The fraction of sp³-hybridized carbons (Fsp3) is 1.00. The largest absolute Gasteiger partial charge is 0.245 e. The van der Waals surface area contributed by atoms with Crippen LogP contribution in [0.4, 0.5) is 0 Å². The molecule has 0 aliphatic heterocycles. The molecule has 1 heteroatoms. The van der Waals surface area contributed by atoms with Crippen molar-refractivity contribution in [3.8, 4) is 0 Å². The molecule has 9 heavy (non-hydrogen) atoms. The van der Waals surface area contributed by atoms with Crippen LogP contribution in [0, 0.1) is 5.92 Å². The van der Waals surface area contributed by atoms with Gasteiger partial charge in [-0.25, -0.2) is 5.32 Å². The predicted molar refractivity (Wildman–Crippen MR) is 39.5 cm³/mol. The van der Waals surface area contributed by atoms with Crippen molar-refractivity contribution in [2.24, 2.45) is 5.92 Å². The van der Waals surface area contributed by atoms with Crippen molar-refractivity contribution in [3.63, 3.8) is 0 Å². The van der Waals surface area contributed by atoms with Crippen molar-refractivity contribution >= 4 is 0 Å². The van der Waals surface area contributed by atoms with Gasteiger partial charge in [-0.2, -0.15) is 0 Å². The first-order valence-electron chi connectivity index (χ1n) is 3.99. The van der Waals surface area contributed by atoms with Crippen molar-refractivity contribution < 1.29 is 0 Å². The van der Waals surface area contributed by atoms with E-state index in [0.717, 1.165) is 12.5 Å². The Balaban J connectivity index is 1.98. The molecule has 1 fully saturated rings. The Morgan fingerprint density at radius 2 is 2.00 bits per heavy atom. The smallest absolute Gasteiger partial charge is 0.0132 e. The van der Waals surface area contributed by atoms with E-state index in [1.54, 1.807) is 0 Å². The van der Waals surface area contributed by atoms with E-state index in [4.69, 9.17) is 0 Å². The second-order valence-corrected chi connectivity index (χ2v) is 2.98. The summed E-state index contributed by atoms with van der Waals surface area (Å²) in [7, 11) is 1.91. The maximum absolute atomic E-state index is 4.10. The van der Waals surface area contributed by atoms with E-state index in [2.05, 4.69) is 5.32 Å². The zero-order valence-corrected chi connectivity index (χ0v) is 6.27. The van der Waals surface area contributed by atoms with Gasteiger partial charge in [-0.05, 0) is 12.3 Å². The van der Waals surface area contributed by atoms with Crippen LogP contribution < -0.4 is 5.32 Å². The second-order valence-electron chi connectivity index (χ2n) is 2.98. The molecule has 0 aromatic carbocycles.